The second-order valence-electron chi connectivity index (χ2n) is 7.58. The molecule has 28 heavy (non-hydrogen) atoms. The van der Waals surface area contributed by atoms with E-state index in [0.29, 0.717) is 6.04 Å². The van der Waals surface area contributed by atoms with Crippen LogP contribution in [-0.2, 0) is 6.42 Å². The zero-order valence-corrected chi connectivity index (χ0v) is 20.4. The van der Waals surface area contributed by atoms with Crippen LogP contribution in [-0.4, -0.2) is 55.7 Å². The second kappa shape index (κ2) is 14.0. The van der Waals surface area contributed by atoms with Crippen LogP contribution < -0.4 is 15.4 Å². The van der Waals surface area contributed by atoms with Crippen LogP contribution in [0.25, 0.3) is 0 Å². The maximum absolute atomic E-state index is 5.70. The lowest BCUT2D eigenvalue weighted by Gasteiger charge is -2.32. The fraction of sp³-hybridized carbons (Fsp3) is 0.682. The zero-order valence-electron chi connectivity index (χ0n) is 18.0. The van der Waals surface area contributed by atoms with Gasteiger partial charge in [-0.2, -0.15) is 0 Å². The van der Waals surface area contributed by atoms with Gasteiger partial charge in [0.05, 0.1) is 6.10 Å². The van der Waals surface area contributed by atoms with Gasteiger partial charge in [0, 0.05) is 32.2 Å². The molecule has 1 aliphatic rings. The Morgan fingerprint density at radius 1 is 1.18 bits per heavy atom. The van der Waals surface area contributed by atoms with Gasteiger partial charge in [0.1, 0.15) is 5.75 Å². The molecule has 1 aromatic rings. The van der Waals surface area contributed by atoms with Crippen molar-refractivity contribution in [3.8, 4) is 5.75 Å². The zero-order chi connectivity index (χ0) is 19.5. The summed E-state index contributed by atoms with van der Waals surface area (Å²) in [5, 5.41) is 7.02. The van der Waals surface area contributed by atoms with E-state index < -0.39 is 0 Å². The van der Waals surface area contributed by atoms with Gasteiger partial charge >= 0.3 is 0 Å². The molecular formula is C22H39IN4O. The first kappa shape index (κ1) is 25.0. The fourth-order valence-corrected chi connectivity index (χ4v) is 3.43. The normalized spacial score (nSPS) is 16.0. The molecule has 0 saturated carbocycles. The number of halogens is 1. The third kappa shape index (κ3) is 9.45. The number of ether oxygens (including phenoxy) is 1. The van der Waals surface area contributed by atoms with Crippen molar-refractivity contribution >= 4 is 29.9 Å². The molecule has 6 heteroatoms. The number of likely N-dealkylation sites (tertiary alicyclic amines) is 1. The number of hydrogen-bond donors (Lipinski definition) is 2. The number of aliphatic imine (C=N–C) groups is 1. The molecule has 0 spiro atoms. The van der Waals surface area contributed by atoms with Gasteiger partial charge in [-0.1, -0.05) is 19.1 Å². The van der Waals surface area contributed by atoms with Gasteiger partial charge in [-0.05, 0) is 70.7 Å². The summed E-state index contributed by atoms with van der Waals surface area (Å²) in [6.45, 7) is 13.8. The van der Waals surface area contributed by atoms with E-state index in [9.17, 15) is 0 Å². The molecular weight excluding hydrogens is 463 g/mol. The summed E-state index contributed by atoms with van der Waals surface area (Å²) < 4.78 is 5.70. The lowest BCUT2D eigenvalue weighted by Crippen LogP contribution is -2.48. The lowest BCUT2D eigenvalue weighted by atomic mass is 10.1. The molecule has 0 amide bonds. The monoisotopic (exact) mass is 502 g/mol. The van der Waals surface area contributed by atoms with E-state index in [1.54, 1.807) is 0 Å². The molecule has 0 aromatic heterocycles. The van der Waals surface area contributed by atoms with E-state index in [1.165, 1.54) is 44.5 Å². The third-order valence-corrected chi connectivity index (χ3v) is 4.78. The molecule has 0 aliphatic carbocycles. The van der Waals surface area contributed by atoms with Gasteiger partial charge in [0.2, 0.25) is 0 Å². The smallest absolute Gasteiger partial charge is 0.191 e. The summed E-state index contributed by atoms with van der Waals surface area (Å²) in [5.74, 6) is 1.88. The van der Waals surface area contributed by atoms with Crippen molar-refractivity contribution in [2.45, 2.75) is 65.5 Å². The maximum atomic E-state index is 5.70. The molecule has 0 bridgehead atoms. The summed E-state index contributed by atoms with van der Waals surface area (Å²) in [5.41, 5.74) is 1.29. The average Bonchev–Trinajstić information content (AvgIpc) is 2.65. The Labute approximate surface area is 188 Å². The van der Waals surface area contributed by atoms with E-state index in [0.717, 1.165) is 31.2 Å². The van der Waals surface area contributed by atoms with Crippen LogP contribution in [0.15, 0.2) is 29.3 Å². The van der Waals surface area contributed by atoms with E-state index in [-0.39, 0.29) is 30.1 Å². The maximum Gasteiger partial charge on any atom is 0.191 e. The SMILES string of the molecule is CCCN1CCC(NC(=NCCc2ccc(OC(C)C)cc2)NCC)CC1.I. The predicted octanol–water partition coefficient (Wildman–Crippen LogP) is 4.06. The van der Waals surface area contributed by atoms with E-state index in [4.69, 9.17) is 9.73 Å². The molecule has 5 nitrogen and oxygen atoms in total. The largest absolute Gasteiger partial charge is 0.491 e. The minimum atomic E-state index is 0. The van der Waals surface area contributed by atoms with Gasteiger partial charge in [-0.3, -0.25) is 4.99 Å². The van der Waals surface area contributed by atoms with Crippen molar-refractivity contribution in [1.82, 2.24) is 15.5 Å². The molecule has 0 unspecified atom stereocenters. The van der Waals surface area contributed by atoms with Crippen molar-refractivity contribution in [1.29, 1.82) is 0 Å². The van der Waals surface area contributed by atoms with E-state index >= 15 is 0 Å². The summed E-state index contributed by atoms with van der Waals surface area (Å²) in [4.78, 5) is 7.34. The number of nitrogens with zero attached hydrogens (tertiary/aromatic N) is 2. The minimum absolute atomic E-state index is 0. The van der Waals surface area contributed by atoms with Crippen molar-refractivity contribution in [3.63, 3.8) is 0 Å². The molecule has 1 aliphatic heterocycles. The van der Waals surface area contributed by atoms with Gasteiger partial charge in [0.25, 0.3) is 0 Å². The van der Waals surface area contributed by atoms with Crippen LogP contribution in [0.5, 0.6) is 5.75 Å². The molecule has 160 valence electrons. The first-order chi connectivity index (χ1) is 13.1. The highest BCUT2D eigenvalue weighted by atomic mass is 127. The van der Waals surface area contributed by atoms with Crippen LogP contribution >= 0.6 is 24.0 Å². The quantitative estimate of drug-likeness (QED) is 0.304. The van der Waals surface area contributed by atoms with Gasteiger partial charge in [-0.15, -0.1) is 24.0 Å². The summed E-state index contributed by atoms with van der Waals surface area (Å²) >= 11 is 0. The average molecular weight is 502 g/mol. The molecule has 1 aromatic carbocycles. The molecule has 0 radical (unpaired) electrons. The first-order valence-corrected chi connectivity index (χ1v) is 10.6. The van der Waals surface area contributed by atoms with Crippen molar-refractivity contribution in [2.75, 3.05) is 32.7 Å². The number of nitrogens with one attached hydrogen (secondary N) is 2. The number of rotatable bonds is 9. The van der Waals surface area contributed by atoms with Crippen LogP contribution in [0.4, 0.5) is 0 Å². The highest BCUT2D eigenvalue weighted by molar-refractivity contribution is 14.0. The van der Waals surface area contributed by atoms with Crippen molar-refractivity contribution in [3.05, 3.63) is 29.8 Å². The number of guanidine groups is 1. The summed E-state index contributed by atoms with van der Waals surface area (Å²) in [7, 11) is 0. The standard InChI is InChI=1S/C22H38N4O.HI/c1-5-15-26-16-12-20(13-17-26)25-22(23-6-2)24-14-11-19-7-9-21(10-8-19)27-18(3)4;/h7-10,18,20H,5-6,11-17H2,1-4H3,(H2,23,24,25);1H. The van der Waals surface area contributed by atoms with Crippen LogP contribution in [0, 0.1) is 0 Å². The molecule has 1 fully saturated rings. The van der Waals surface area contributed by atoms with Crippen LogP contribution in [0.3, 0.4) is 0 Å². The summed E-state index contributed by atoms with van der Waals surface area (Å²) in [6.07, 6.45) is 4.78. The Hall–Kier alpha value is -1.02. The Morgan fingerprint density at radius 3 is 2.43 bits per heavy atom. The highest BCUT2D eigenvalue weighted by Crippen LogP contribution is 2.14. The first-order valence-electron chi connectivity index (χ1n) is 10.6. The number of piperidine rings is 1. The molecule has 1 saturated heterocycles. The van der Waals surface area contributed by atoms with Crippen molar-refractivity contribution < 1.29 is 4.74 Å². The Balaban J connectivity index is 0.00000392. The molecule has 2 N–H and O–H groups in total. The summed E-state index contributed by atoms with van der Waals surface area (Å²) in [6, 6.07) is 8.90. The Kier molecular flexibility index (Phi) is 12.5. The minimum Gasteiger partial charge on any atom is -0.491 e. The highest BCUT2D eigenvalue weighted by Gasteiger charge is 2.19. The van der Waals surface area contributed by atoms with E-state index in [2.05, 4.69) is 41.5 Å². The van der Waals surface area contributed by atoms with Crippen LogP contribution in [0.1, 0.15) is 52.5 Å². The topological polar surface area (TPSA) is 48.9 Å². The number of hydrogen-bond acceptors (Lipinski definition) is 3. The fourth-order valence-electron chi connectivity index (χ4n) is 3.43. The van der Waals surface area contributed by atoms with Gasteiger partial charge in [0.15, 0.2) is 5.96 Å². The molecule has 0 atom stereocenters. The van der Waals surface area contributed by atoms with Crippen LogP contribution in [0.2, 0.25) is 0 Å². The number of benzene rings is 1. The Bertz CT molecular complexity index is 554. The Morgan fingerprint density at radius 2 is 1.86 bits per heavy atom. The third-order valence-electron chi connectivity index (χ3n) is 4.78. The molecule has 1 heterocycles. The molecule has 2 rings (SSSR count). The predicted molar refractivity (Wildman–Crippen MR) is 130 cm³/mol. The van der Waals surface area contributed by atoms with Crippen molar-refractivity contribution in [2.24, 2.45) is 4.99 Å². The lowest BCUT2D eigenvalue weighted by molar-refractivity contribution is 0.206. The van der Waals surface area contributed by atoms with E-state index in [1.807, 2.05) is 26.0 Å². The van der Waals surface area contributed by atoms with Gasteiger partial charge in [-0.25, -0.2) is 0 Å². The van der Waals surface area contributed by atoms with Gasteiger partial charge < -0.3 is 20.3 Å². The second-order valence-corrected chi connectivity index (χ2v) is 7.58.